The van der Waals surface area contributed by atoms with Crippen molar-refractivity contribution >= 4 is 5.97 Å². The topological polar surface area (TPSA) is 40.5 Å². The van der Waals surface area contributed by atoms with E-state index in [1.807, 2.05) is 0 Å². The van der Waals surface area contributed by atoms with Gasteiger partial charge in [0.1, 0.15) is 17.2 Å². The van der Waals surface area contributed by atoms with E-state index in [9.17, 15) is 13.6 Å². The first-order valence-corrected chi connectivity index (χ1v) is 5.13. The Morgan fingerprint density at radius 1 is 1.41 bits per heavy atom. The second-order valence-corrected chi connectivity index (χ2v) is 4.46. The van der Waals surface area contributed by atoms with Crippen molar-refractivity contribution in [3.05, 3.63) is 35.4 Å². The Morgan fingerprint density at radius 2 is 2.00 bits per heavy atom. The SMILES string of the molecule is CN(Cc1ccc(F)cc1F)C(C)(C)C(=O)O. The van der Waals surface area contributed by atoms with Crippen molar-refractivity contribution in [3.8, 4) is 0 Å². The summed E-state index contributed by atoms with van der Waals surface area (Å²) in [6.45, 7) is 3.15. The molecule has 0 spiro atoms. The average molecular weight is 243 g/mol. The van der Waals surface area contributed by atoms with Crippen LogP contribution in [0.15, 0.2) is 18.2 Å². The molecule has 3 nitrogen and oxygen atoms in total. The van der Waals surface area contributed by atoms with E-state index < -0.39 is 23.1 Å². The summed E-state index contributed by atoms with van der Waals surface area (Å²) in [4.78, 5) is 12.5. The molecule has 94 valence electrons. The molecule has 0 saturated carbocycles. The lowest BCUT2D eigenvalue weighted by atomic mass is 10.0. The number of hydrogen-bond donors (Lipinski definition) is 1. The summed E-state index contributed by atoms with van der Waals surface area (Å²) in [6.07, 6.45) is 0. The maximum Gasteiger partial charge on any atom is 0.323 e. The van der Waals surface area contributed by atoms with E-state index in [1.165, 1.54) is 24.8 Å². The molecule has 0 heterocycles. The highest BCUT2D eigenvalue weighted by molar-refractivity contribution is 5.77. The van der Waals surface area contributed by atoms with Crippen LogP contribution >= 0.6 is 0 Å². The smallest absolute Gasteiger partial charge is 0.323 e. The van der Waals surface area contributed by atoms with Crippen LogP contribution < -0.4 is 0 Å². The summed E-state index contributed by atoms with van der Waals surface area (Å²) >= 11 is 0. The number of nitrogens with zero attached hydrogens (tertiary/aromatic N) is 1. The molecule has 0 aliphatic carbocycles. The summed E-state index contributed by atoms with van der Waals surface area (Å²) in [5.74, 6) is -2.31. The van der Waals surface area contributed by atoms with Gasteiger partial charge in [-0.3, -0.25) is 9.69 Å². The fourth-order valence-electron chi connectivity index (χ4n) is 1.27. The molecule has 0 unspecified atom stereocenters. The molecule has 0 atom stereocenters. The standard InChI is InChI=1S/C12H15F2NO2/c1-12(2,11(16)17)15(3)7-8-4-5-9(13)6-10(8)14/h4-6H,7H2,1-3H3,(H,16,17). The molecular formula is C12H15F2NO2. The molecule has 5 heteroatoms. The molecule has 0 amide bonds. The minimum Gasteiger partial charge on any atom is -0.480 e. The maximum atomic E-state index is 13.4. The summed E-state index contributed by atoms with van der Waals surface area (Å²) in [7, 11) is 1.58. The molecule has 0 aliphatic heterocycles. The first-order chi connectivity index (χ1) is 7.75. The molecule has 0 aliphatic rings. The predicted octanol–water partition coefficient (Wildman–Crippen LogP) is 2.26. The number of carboxylic acids is 1. The molecule has 0 bridgehead atoms. The fourth-order valence-corrected chi connectivity index (χ4v) is 1.27. The monoisotopic (exact) mass is 243 g/mol. The second-order valence-electron chi connectivity index (χ2n) is 4.46. The highest BCUT2D eigenvalue weighted by Crippen LogP contribution is 2.18. The molecule has 1 rings (SSSR count). The van der Waals surface area contributed by atoms with Gasteiger partial charge in [-0.25, -0.2) is 8.78 Å². The fraction of sp³-hybridized carbons (Fsp3) is 0.417. The van der Waals surface area contributed by atoms with Crippen molar-refractivity contribution in [2.24, 2.45) is 0 Å². The number of rotatable bonds is 4. The maximum absolute atomic E-state index is 13.4. The van der Waals surface area contributed by atoms with E-state index in [2.05, 4.69) is 0 Å². The van der Waals surface area contributed by atoms with Crippen molar-refractivity contribution < 1.29 is 18.7 Å². The zero-order valence-electron chi connectivity index (χ0n) is 10.00. The molecule has 17 heavy (non-hydrogen) atoms. The van der Waals surface area contributed by atoms with Crippen LogP contribution in [0.2, 0.25) is 0 Å². The molecule has 0 radical (unpaired) electrons. The molecule has 0 aromatic heterocycles. The van der Waals surface area contributed by atoms with Crippen molar-refractivity contribution in [2.75, 3.05) is 7.05 Å². The van der Waals surface area contributed by atoms with Crippen LogP contribution in [-0.4, -0.2) is 28.6 Å². The van der Waals surface area contributed by atoms with Gasteiger partial charge < -0.3 is 5.11 Å². The lowest BCUT2D eigenvalue weighted by molar-refractivity contribution is -0.148. The van der Waals surface area contributed by atoms with Crippen LogP contribution in [-0.2, 0) is 11.3 Å². The Labute approximate surface area is 98.7 Å². The number of carboxylic acid groups (broad SMARTS) is 1. The quantitative estimate of drug-likeness (QED) is 0.881. The second kappa shape index (κ2) is 4.79. The van der Waals surface area contributed by atoms with Gasteiger partial charge in [0, 0.05) is 18.2 Å². The zero-order chi connectivity index (χ0) is 13.2. The third-order valence-electron chi connectivity index (χ3n) is 2.90. The van der Waals surface area contributed by atoms with Crippen LogP contribution in [0.25, 0.3) is 0 Å². The summed E-state index contributed by atoms with van der Waals surface area (Å²) < 4.78 is 26.1. The number of carbonyl (C=O) groups is 1. The lowest BCUT2D eigenvalue weighted by Gasteiger charge is -2.31. The predicted molar refractivity (Wildman–Crippen MR) is 59.5 cm³/mol. The van der Waals surface area contributed by atoms with Crippen LogP contribution in [0.5, 0.6) is 0 Å². The van der Waals surface area contributed by atoms with E-state index in [-0.39, 0.29) is 12.1 Å². The lowest BCUT2D eigenvalue weighted by Crippen LogP contribution is -2.47. The minimum absolute atomic E-state index is 0.103. The van der Waals surface area contributed by atoms with Gasteiger partial charge >= 0.3 is 5.97 Å². The number of halogens is 2. The van der Waals surface area contributed by atoms with Gasteiger partial charge in [0.25, 0.3) is 0 Å². The molecule has 1 aromatic carbocycles. The molecule has 1 N–H and O–H groups in total. The van der Waals surface area contributed by atoms with E-state index in [1.54, 1.807) is 7.05 Å². The van der Waals surface area contributed by atoms with E-state index in [0.717, 1.165) is 12.1 Å². The van der Waals surface area contributed by atoms with Crippen LogP contribution in [0.4, 0.5) is 8.78 Å². The van der Waals surface area contributed by atoms with Gasteiger partial charge in [0.15, 0.2) is 0 Å². The van der Waals surface area contributed by atoms with Gasteiger partial charge in [-0.05, 0) is 27.0 Å². The van der Waals surface area contributed by atoms with Gasteiger partial charge in [0.2, 0.25) is 0 Å². The van der Waals surface area contributed by atoms with Crippen LogP contribution in [0, 0.1) is 11.6 Å². The number of hydrogen-bond acceptors (Lipinski definition) is 2. The number of benzene rings is 1. The minimum atomic E-state index is -1.11. The Kier molecular flexibility index (Phi) is 3.83. The Hall–Kier alpha value is -1.49. The van der Waals surface area contributed by atoms with Crippen molar-refractivity contribution in [3.63, 3.8) is 0 Å². The highest BCUT2D eigenvalue weighted by atomic mass is 19.1. The zero-order valence-corrected chi connectivity index (χ0v) is 10.00. The molecular weight excluding hydrogens is 228 g/mol. The third kappa shape index (κ3) is 3.00. The highest BCUT2D eigenvalue weighted by Gasteiger charge is 2.32. The van der Waals surface area contributed by atoms with Gasteiger partial charge in [-0.1, -0.05) is 6.07 Å². The molecule has 1 aromatic rings. The Balaban J connectivity index is 2.88. The van der Waals surface area contributed by atoms with Gasteiger partial charge in [-0.15, -0.1) is 0 Å². The first kappa shape index (κ1) is 13.6. The van der Waals surface area contributed by atoms with E-state index in [0.29, 0.717) is 0 Å². The van der Waals surface area contributed by atoms with Gasteiger partial charge in [0.05, 0.1) is 0 Å². The average Bonchev–Trinajstić information content (AvgIpc) is 2.21. The molecule has 0 fully saturated rings. The summed E-state index contributed by atoms with van der Waals surface area (Å²) in [6, 6.07) is 3.26. The van der Waals surface area contributed by atoms with E-state index >= 15 is 0 Å². The van der Waals surface area contributed by atoms with Crippen molar-refractivity contribution in [1.82, 2.24) is 4.90 Å². The van der Waals surface area contributed by atoms with Gasteiger partial charge in [-0.2, -0.15) is 0 Å². The Morgan fingerprint density at radius 3 is 2.47 bits per heavy atom. The van der Waals surface area contributed by atoms with E-state index in [4.69, 9.17) is 5.11 Å². The number of likely N-dealkylation sites (N-methyl/N-ethyl adjacent to an activating group) is 1. The normalized spacial score (nSPS) is 11.9. The Bertz CT molecular complexity index is 433. The largest absolute Gasteiger partial charge is 0.480 e. The van der Waals surface area contributed by atoms with Crippen LogP contribution in [0.1, 0.15) is 19.4 Å². The summed E-state index contributed by atoms with van der Waals surface area (Å²) in [5.41, 5.74) is -0.843. The summed E-state index contributed by atoms with van der Waals surface area (Å²) in [5, 5.41) is 9.01. The van der Waals surface area contributed by atoms with Crippen molar-refractivity contribution in [2.45, 2.75) is 25.9 Å². The van der Waals surface area contributed by atoms with Crippen molar-refractivity contribution in [1.29, 1.82) is 0 Å². The molecule has 0 saturated heterocycles. The van der Waals surface area contributed by atoms with Crippen LogP contribution in [0.3, 0.4) is 0 Å². The first-order valence-electron chi connectivity index (χ1n) is 5.13. The third-order valence-corrected chi connectivity index (χ3v) is 2.90. The number of aliphatic carboxylic acids is 1.